The predicted molar refractivity (Wildman–Crippen MR) is 186 cm³/mol. The molecule has 10 nitrogen and oxygen atoms in total. The van der Waals surface area contributed by atoms with E-state index in [4.69, 9.17) is 0 Å². The van der Waals surface area contributed by atoms with Gasteiger partial charge < -0.3 is 31.1 Å². The highest BCUT2D eigenvalue weighted by molar-refractivity contribution is 6.01. The number of benzene rings is 4. The first-order valence-corrected chi connectivity index (χ1v) is 17.6. The first-order valence-electron chi connectivity index (χ1n) is 17.6. The third-order valence-electron chi connectivity index (χ3n) is 12.4. The minimum absolute atomic E-state index is 0.193. The van der Waals surface area contributed by atoms with Crippen molar-refractivity contribution in [1.82, 2.24) is 20.4 Å². The number of amides is 4. The lowest BCUT2D eigenvalue weighted by molar-refractivity contribution is -0.149. The molecule has 8 atom stereocenters. The largest absolute Gasteiger partial charge is 0.364 e. The van der Waals surface area contributed by atoms with Crippen LogP contribution in [0.25, 0.3) is 0 Å². The molecular formula is C40H35FN6O4. The standard InChI is InChI=1S/C40H35FN6O4/c41-24-15-16-26-28(19-24)45-38-40(26,21-32-34(49)43-30(36(51)47(32)38)18-23-11-5-2-6-12-23)39-20-31-33(48)42-29(17-22-9-3-1-4-10-22)35(50)46(31)37(39)44-27-14-8-7-13-25(27)39/h1-16,19,29-32,37-38,44-45H,17-18,20-21H2,(H,42,48)(H,43,49). The van der Waals surface area contributed by atoms with E-state index in [0.717, 1.165) is 27.9 Å². The van der Waals surface area contributed by atoms with Gasteiger partial charge in [0.05, 0.1) is 10.8 Å². The van der Waals surface area contributed by atoms with Crippen molar-refractivity contribution < 1.29 is 23.6 Å². The molecule has 0 aliphatic carbocycles. The van der Waals surface area contributed by atoms with Gasteiger partial charge in [-0.25, -0.2) is 4.39 Å². The van der Waals surface area contributed by atoms with E-state index in [9.17, 15) is 23.6 Å². The second-order valence-corrected chi connectivity index (χ2v) is 14.7. The molecule has 4 N–H and O–H groups in total. The summed E-state index contributed by atoms with van der Waals surface area (Å²) in [4.78, 5) is 61.0. The number of fused-ring (bicyclic) bond motifs is 11. The lowest BCUT2D eigenvalue weighted by Gasteiger charge is -2.48. The summed E-state index contributed by atoms with van der Waals surface area (Å²) in [6, 6.07) is 28.5. The van der Waals surface area contributed by atoms with Crippen molar-refractivity contribution in [2.45, 2.75) is 73.0 Å². The van der Waals surface area contributed by atoms with Crippen LogP contribution in [0.2, 0.25) is 0 Å². The van der Waals surface area contributed by atoms with Crippen molar-refractivity contribution in [2.24, 2.45) is 0 Å². The van der Waals surface area contributed by atoms with Gasteiger partial charge in [0.1, 0.15) is 42.3 Å². The summed E-state index contributed by atoms with van der Waals surface area (Å²) in [5, 5.41) is 13.2. The van der Waals surface area contributed by atoms with E-state index in [1.165, 1.54) is 12.1 Å². The molecule has 11 heteroatoms. The molecule has 4 amide bonds. The van der Waals surface area contributed by atoms with Crippen LogP contribution in [0.4, 0.5) is 15.8 Å². The molecule has 4 aromatic carbocycles. The van der Waals surface area contributed by atoms with Crippen molar-refractivity contribution in [3.63, 3.8) is 0 Å². The molecule has 6 aliphatic rings. The van der Waals surface area contributed by atoms with Crippen LogP contribution in [-0.2, 0) is 42.8 Å². The molecular weight excluding hydrogens is 647 g/mol. The van der Waals surface area contributed by atoms with Crippen LogP contribution >= 0.6 is 0 Å². The summed E-state index contributed by atoms with van der Waals surface area (Å²) in [5.41, 5.74) is 2.85. The molecule has 256 valence electrons. The Morgan fingerprint density at radius 3 is 1.59 bits per heavy atom. The van der Waals surface area contributed by atoms with Crippen LogP contribution < -0.4 is 21.3 Å². The first kappa shape index (κ1) is 30.1. The number of carbonyl (C=O) groups excluding carboxylic acids is 4. The molecule has 0 spiro atoms. The fourth-order valence-corrected chi connectivity index (χ4v) is 10.4. The van der Waals surface area contributed by atoms with Gasteiger partial charge in [0.2, 0.25) is 23.6 Å². The van der Waals surface area contributed by atoms with Crippen LogP contribution in [0, 0.1) is 5.82 Å². The highest BCUT2D eigenvalue weighted by Crippen LogP contribution is 2.68. The lowest BCUT2D eigenvalue weighted by Crippen LogP contribution is -2.67. The van der Waals surface area contributed by atoms with E-state index in [0.29, 0.717) is 18.5 Å². The maximum Gasteiger partial charge on any atom is 0.247 e. The van der Waals surface area contributed by atoms with Gasteiger partial charge in [0.25, 0.3) is 0 Å². The zero-order valence-electron chi connectivity index (χ0n) is 27.5. The molecule has 8 unspecified atom stereocenters. The number of hydrogen-bond donors (Lipinski definition) is 4. The van der Waals surface area contributed by atoms with Gasteiger partial charge in [0.15, 0.2) is 0 Å². The summed E-state index contributed by atoms with van der Waals surface area (Å²) >= 11 is 0. The summed E-state index contributed by atoms with van der Waals surface area (Å²) in [6.45, 7) is 0. The fourth-order valence-electron chi connectivity index (χ4n) is 10.4. The first-order chi connectivity index (χ1) is 24.8. The predicted octanol–water partition coefficient (Wildman–Crippen LogP) is 3.19. The van der Waals surface area contributed by atoms with Gasteiger partial charge in [-0.15, -0.1) is 0 Å². The number of nitrogens with zero attached hydrogens (tertiary/aromatic N) is 2. The van der Waals surface area contributed by atoms with E-state index in [2.05, 4.69) is 21.3 Å². The second-order valence-electron chi connectivity index (χ2n) is 14.7. The number of anilines is 2. The fraction of sp³-hybridized carbons (Fsp3) is 0.300. The van der Waals surface area contributed by atoms with Crippen LogP contribution in [0.15, 0.2) is 103 Å². The summed E-state index contributed by atoms with van der Waals surface area (Å²) in [6.07, 6.45) is -0.318. The number of nitrogens with one attached hydrogen (secondary N) is 4. The molecule has 6 aliphatic heterocycles. The SMILES string of the molecule is O=C1NC(Cc2ccccc2)C(=O)N2C1CC1(C34CC5C(=O)NC(Cc6ccccc6)C(=O)N5C3Nc3cc(F)ccc34)c3ccccc3NC21. The number of para-hydroxylation sites is 1. The van der Waals surface area contributed by atoms with E-state index in [-0.39, 0.29) is 36.5 Å². The van der Waals surface area contributed by atoms with Gasteiger partial charge in [-0.2, -0.15) is 0 Å². The van der Waals surface area contributed by atoms with Crippen molar-refractivity contribution in [2.75, 3.05) is 10.6 Å². The van der Waals surface area contributed by atoms with Crippen LogP contribution in [0.3, 0.4) is 0 Å². The Kier molecular flexibility index (Phi) is 6.29. The number of halogens is 1. The van der Waals surface area contributed by atoms with Crippen LogP contribution in [0.5, 0.6) is 0 Å². The minimum atomic E-state index is -1.04. The third-order valence-corrected chi connectivity index (χ3v) is 12.4. The Hall–Kier alpha value is -5.71. The monoisotopic (exact) mass is 682 g/mol. The van der Waals surface area contributed by atoms with Gasteiger partial charge in [-0.1, -0.05) is 84.9 Å². The topological polar surface area (TPSA) is 123 Å². The van der Waals surface area contributed by atoms with E-state index in [1.54, 1.807) is 15.9 Å². The molecule has 10 rings (SSSR count). The molecule has 4 aromatic rings. The summed E-state index contributed by atoms with van der Waals surface area (Å²) in [7, 11) is 0. The van der Waals surface area contributed by atoms with Crippen LogP contribution in [0.1, 0.15) is 35.1 Å². The molecule has 0 aromatic heterocycles. The van der Waals surface area contributed by atoms with E-state index < -0.39 is 53.1 Å². The van der Waals surface area contributed by atoms with Crippen molar-refractivity contribution in [3.05, 3.63) is 131 Å². The van der Waals surface area contributed by atoms with Gasteiger partial charge >= 0.3 is 0 Å². The van der Waals surface area contributed by atoms with Crippen molar-refractivity contribution >= 4 is 35.0 Å². The third kappa shape index (κ3) is 3.97. The summed E-state index contributed by atoms with van der Waals surface area (Å²) in [5.74, 6) is -1.35. The number of piperazine rings is 2. The maximum atomic E-state index is 15.0. The zero-order valence-corrected chi connectivity index (χ0v) is 27.5. The Morgan fingerprint density at radius 1 is 0.569 bits per heavy atom. The lowest BCUT2D eigenvalue weighted by atomic mass is 9.54. The maximum absolute atomic E-state index is 15.0. The molecule has 6 heterocycles. The van der Waals surface area contributed by atoms with Crippen molar-refractivity contribution in [3.8, 4) is 0 Å². The summed E-state index contributed by atoms with van der Waals surface area (Å²) < 4.78 is 15.0. The number of carbonyl (C=O) groups is 4. The minimum Gasteiger partial charge on any atom is -0.364 e. The Balaban J connectivity index is 1.14. The van der Waals surface area contributed by atoms with E-state index in [1.807, 2.05) is 84.9 Å². The van der Waals surface area contributed by atoms with E-state index >= 15 is 0 Å². The Labute approximate surface area is 293 Å². The number of hydrogen-bond acceptors (Lipinski definition) is 6. The van der Waals surface area contributed by atoms with Gasteiger partial charge in [0, 0.05) is 24.2 Å². The molecule has 4 saturated heterocycles. The quantitative estimate of drug-likeness (QED) is 0.257. The molecule has 0 saturated carbocycles. The molecule has 51 heavy (non-hydrogen) atoms. The Morgan fingerprint density at radius 2 is 1.04 bits per heavy atom. The average Bonchev–Trinajstić information content (AvgIpc) is 3.85. The molecule has 0 bridgehead atoms. The zero-order chi connectivity index (χ0) is 34.6. The van der Waals surface area contributed by atoms with Gasteiger partial charge in [-0.05, 0) is 53.3 Å². The molecule has 4 fully saturated rings. The highest BCUT2D eigenvalue weighted by Gasteiger charge is 2.78. The Bertz CT molecular complexity index is 2150. The average molecular weight is 683 g/mol. The highest BCUT2D eigenvalue weighted by atomic mass is 19.1. The second kappa shape index (κ2) is 10.6. The smallest absolute Gasteiger partial charge is 0.247 e. The van der Waals surface area contributed by atoms with Crippen LogP contribution in [-0.4, -0.2) is 69.9 Å². The normalized spacial score (nSPS) is 32.5. The van der Waals surface area contributed by atoms with Crippen molar-refractivity contribution in [1.29, 1.82) is 0 Å². The molecule has 0 radical (unpaired) electrons. The number of rotatable bonds is 5. The van der Waals surface area contributed by atoms with Gasteiger partial charge in [-0.3, -0.25) is 19.2 Å².